The Bertz CT molecular complexity index is 1310. The van der Waals surface area contributed by atoms with Crippen molar-refractivity contribution < 1.29 is 4.79 Å². The maximum absolute atomic E-state index is 12.2. The first-order chi connectivity index (χ1) is 20.6. The molecule has 3 heterocycles. The van der Waals surface area contributed by atoms with E-state index < -0.39 is 0 Å². The van der Waals surface area contributed by atoms with Crippen molar-refractivity contribution >= 4 is 35.2 Å². The van der Waals surface area contributed by atoms with Crippen LogP contribution in [0.2, 0.25) is 5.02 Å². The van der Waals surface area contributed by atoms with Gasteiger partial charge < -0.3 is 4.90 Å². The Morgan fingerprint density at radius 3 is 2.40 bits per heavy atom. The van der Waals surface area contributed by atoms with Crippen LogP contribution in [0, 0.1) is 24.2 Å². The van der Waals surface area contributed by atoms with Gasteiger partial charge in [-0.05, 0) is 88.6 Å². The summed E-state index contributed by atoms with van der Waals surface area (Å²) in [6.45, 7) is 7.45. The molecule has 0 radical (unpaired) electrons. The van der Waals surface area contributed by atoms with Gasteiger partial charge in [0.05, 0.1) is 21.7 Å². The predicted octanol–water partition coefficient (Wildman–Crippen LogP) is 8.57. The molecule has 1 aromatic heterocycles. The molecule has 224 valence electrons. The lowest BCUT2D eigenvalue weighted by atomic mass is 9.70. The van der Waals surface area contributed by atoms with Crippen molar-refractivity contribution in [3.63, 3.8) is 0 Å². The summed E-state index contributed by atoms with van der Waals surface area (Å²) in [5.41, 5.74) is 3.55. The average Bonchev–Trinajstić information content (AvgIpc) is 3.30. The molecule has 1 spiro atoms. The van der Waals surface area contributed by atoms with E-state index in [9.17, 15) is 4.79 Å². The van der Waals surface area contributed by atoms with Gasteiger partial charge in [0.15, 0.2) is 6.29 Å². The molecule has 0 N–H and O–H groups in total. The first kappa shape index (κ1) is 30.8. The van der Waals surface area contributed by atoms with Gasteiger partial charge in [-0.1, -0.05) is 56.8 Å². The van der Waals surface area contributed by atoms with Crippen LogP contribution in [-0.2, 0) is 5.41 Å². The van der Waals surface area contributed by atoms with E-state index in [0.29, 0.717) is 22.4 Å². The number of aliphatic imine (C=N–C) groups is 1. The molecule has 2 aromatic rings. The molecule has 2 saturated carbocycles. The first-order valence-electron chi connectivity index (χ1n) is 16.3. The molecule has 4 aliphatic rings. The van der Waals surface area contributed by atoms with Crippen molar-refractivity contribution in [1.82, 2.24) is 9.88 Å². The monoisotopic (exact) mass is 586 g/mol. The molecule has 42 heavy (non-hydrogen) atoms. The number of pyridine rings is 1. The molecule has 2 aliphatic carbocycles. The number of piperidine rings is 1. The number of nitrogens with zero attached hydrogens (tertiary/aromatic N) is 4. The van der Waals surface area contributed by atoms with Crippen molar-refractivity contribution in [2.24, 2.45) is 16.8 Å². The molecule has 3 fully saturated rings. The number of rotatable bonds is 5. The van der Waals surface area contributed by atoms with Crippen molar-refractivity contribution in [3.8, 4) is 12.3 Å². The molecule has 6 heteroatoms. The lowest BCUT2D eigenvalue weighted by Gasteiger charge is -2.36. The van der Waals surface area contributed by atoms with Crippen molar-refractivity contribution in [2.45, 2.75) is 95.8 Å². The number of halogens is 1. The fourth-order valence-electron chi connectivity index (χ4n) is 7.99. The number of terminal acetylenes is 1. The maximum Gasteiger partial charge on any atom is 0.153 e. The smallest absolute Gasteiger partial charge is 0.153 e. The summed E-state index contributed by atoms with van der Waals surface area (Å²) in [6.07, 6.45) is 19.4. The number of fused-ring (bicyclic) bond motifs is 2. The lowest BCUT2D eigenvalue weighted by molar-refractivity contribution is 0.112. The molecular weight excluding hydrogens is 540 g/mol. The zero-order chi connectivity index (χ0) is 29.7. The number of aldehydes is 1. The van der Waals surface area contributed by atoms with Crippen molar-refractivity contribution in [1.29, 1.82) is 0 Å². The zero-order valence-corrected chi connectivity index (χ0v) is 26.5. The Hall–Kier alpha value is -2.68. The molecule has 2 aliphatic heterocycles. The van der Waals surface area contributed by atoms with Crippen LogP contribution in [0.25, 0.3) is 0 Å². The fraction of sp³-hybridized carbons (Fsp3) is 0.583. The third-order valence-electron chi connectivity index (χ3n) is 10.2. The van der Waals surface area contributed by atoms with Gasteiger partial charge in [0.25, 0.3) is 0 Å². The number of hydrogen-bond acceptors (Lipinski definition) is 4. The number of carbonyl (C=O) groups excluding carboxylic acids is 1. The predicted molar refractivity (Wildman–Crippen MR) is 175 cm³/mol. The Kier molecular flexibility index (Phi) is 10.1. The zero-order valence-electron chi connectivity index (χ0n) is 25.7. The highest BCUT2D eigenvalue weighted by Crippen LogP contribution is 2.53. The number of carbonyl (C=O) groups is 1. The van der Waals surface area contributed by atoms with Crippen LogP contribution in [-0.4, -0.2) is 48.7 Å². The highest BCUT2D eigenvalue weighted by Gasteiger charge is 2.51. The minimum absolute atomic E-state index is 0.155. The van der Waals surface area contributed by atoms with Crippen LogP contribution in [0.4, 0.5) is 11.5 Å². The molecule has 5 nitrogen and oxygen atoms in total. The van der Waals surface area contributed by atoms with Gasteiger partial charge in [-0.25, -0.2) is 4.98 Å². The van der Waals surface area contributed by atoms with Gasteiger partial charge >= 0.3 is 0 Å². The van der Waals surface area contributed by atoms with Gasteiger partial charge in [0.1, 0.15) is 11.7 Å². The molecule has 0 amide bonds. The number of benzene rings is 1. The Morgan fingerprint density at radius 1 is 1.05 bits per heavy atom. The second-order valence-electron chi connectivity index (χ2n) is 12.4. The van der Waals surface area contributed by atoms with Gasteiger partial charge in [-0.3, -0.25) is 14.7 Å². The van der Waals surface area contributed by atoms with Gasteiger partial charge in [0.2, 0.25) is 0 Å². The third-order valence-corrected chi connectivity index (χ3v) is 10.5. The highest BCUT2D eigenvalue weighted by atomic mass is 35.5. The summed E-state index contributed by atoms with van der Waals surface area (Å²) in [5.74, 6) is 6.63. The van der Waals surface area contributed by atoms with Gasteiger partial charge in [-0.15, -0.1) is 12.3 Å². The summed E-state index contributed by atoms with van der Waals surface area (Å²) < 4.78 is 0. The topological polar surface area (TPSA) is 48.8 Å². The molecule has 1 saturated heterocycles. The SMILES string of the molecule is C#CC1CCC(CN2CCC(c3ccc4c(n3)N(c3cccc(Cl)c3C=O)C(=NC)C43CCCCC3)CC2)CC1.CC. The molecule has 0 atom stereocenters. The largest absolute Gasteiger partial charge is 0.303 e. The highest BCUT2D eigenvalue weighted by molar-refractivity contribution is 6.34. The van der Waals surface area contributed by atoms with E-state index in [2.05, 4.69) is 27.9 Å². The van der Waals surface area contributed by atoms with Crippen LogP contribution in [0.15, 0.2) is 35.3 Å². The molecule has 6 rings (SSSR count). The van der Waals surface area contributed by atoms with Crippen LogP contribution >= 0.6 is 11.6 Å². The summed E-state index contributed by atoms with van der Waals surface area (Å²) in [4.78, 5) is 27.3. The Morgan fingerprint density at radius 2 is 1.76 bits per heavy atom. The number of hydrogen-bond donors (Lipinski definition) is 0. The van der Waals surface area contributed by atoms with Gasteiger partial charge in [-0.2, -0.15) is 0 Å². The summed E-state index contributed by atoms with van der Waals surface area (Å²) in [7, 11) is 1.88. The number of anilines is 2. The van der Waals surface area contributed by atoms with E-state index in [1.54, 1.807) is 6.07 Å². The number of amidine groups is 1. The number of aromatic nitrogens is 1. The summed E-state index contributed by atoms with van der Waals surface area (Å²) in [5, 5.41) is 0.463. The summed E-state index contributed by atoms with van der Waals surface area (Å²) >= 11 is 6.52. The minimum Gasteiger partial charge on any atom is -0.303 e. The average molecular weight is 587 g/mol. The molecule has 1 aromatic carbocycles. The second-order valence-corrected chi connectivity index (χ2v) is 12.8. The van der Waals surface area contributed by atoms with E-state index in [1.165, 1.54) is 57.1 Å². The maximum atomic E-state index is 12.2. The molecule has 0 unspecified atom stereocenters. The van der Waals surface area contributed by atoms with E-state index >= 15 is 0 Å². The first-order valence-corrected chi connectivity index (χ1v) is 16.7. The van der Waals surface area contributed by atoms with Crippen LogP contribution < -0.4 is 4.90 Å². The second kappa shape index (κ2) is 13.7. The van der Waals surface area contributed by atoms with Crippen molar-refractivity contribution in [3.05, 3.63) is 52.2 Å². The third kappa shape index (κ3) is 5.78. The standard InChI is InChI=1S/C34H41ClN4O.C2H6/c1-3-24-10-12-25(13-11-24)22-38-20-16-26(17-21-38)30-15-14-28-32(37-30)39(31-9-7-8-29(35)27(31)23-40)33(36-2)34(28)18-5-4-6-19-34;1-2/h1,7-9,14-15,23-26H,4-6,10-13,16-22H2,2H3;1-2H3. The van der Waals surface area contributed by atoms with Crippen LogP contribution in [0.3, 0.4) is 0 Å². The molecular formula is C36H47ClN4O. The lowest BCUT2D eigenvalue weighted by Crippen LogP contribution is -2.40. The fourth-order valence-corrected chi connectivity index (χ4v) is 8.20. The van der Waals surface area contributed by atoms with Crippen LogP contribution in [0.1, 0.15) is 112 Å². The van der Waals surface area contributed by atoms with E-state index in [4.69, 9.17) is 28.0 Å². The van der Waals surface area contributed by atoms with E-state index in [1.807, 2.05) is 33.0 Å². The van der Waals surface area contributed by atoms with E-state index in [-0.39, 0.29) is 5.41 Å². The van der Waals surface area contributed by atoms with Gasteiger partial charge in [0, 0.05) is 36.7 Å². The normalized spacial score (nSPS) is 25.0. The Balaban J connectivity index is 0.00000173. The Labute approximate surface area is 258 Å². The summed E-state index contributed by atoms with van der Waals surface area (Å²) in [6, 6.07) is 10.3. The van der Waals surface area contributed by atoms with Crippen molar-refractivity contribution in [2.75, 3.05) is 31.6 Å². The van der Waals surface area contributed by atoms with E-state index in [0.717, 1.165) is 74.0 Å². The van der Waals surface area contributed by atoms with Crippen LogP contribution in [0.5, 0.6) is 0 Å². The minimum atomic E-state index is -0.155. The quantitative estimate of drug-likeness (QED) is 0.260. The molecule has 0 bridgehead atoms. The number of likely N-dealkylation sites (tertiary alicyclic amines) is 1.